The highest BCUT2D eigenvalue weighted by molar-refractivity contribution is 6.32. The van der Waals surface area contributed by atoms with Crippen molar-refractivity contribution in [3.05, 3.63) is 65.4 Å². The van der Waals surface area contributed by atoms with Gasteiger partial charge in [0.1, 0.15) is 11.0 Å². The predicted molar refractivity (Wildman–Crippen MR) is 108 cm³/mol. The molecule has 1 aliphatic rings. The summed E-state index contributed by atoms with van der Waals surface area (Å²) in [5.74, 6) is 0.754. The Hall–Kier alpha value is -2.66. The summed E-state index contributed by atoms with van der Waals surface area (Å²) in [5, 5.41) is 8.00. The summed E-state index contributed by atoms with van der Waals surface area (Å²) in [6.45, 7) is 0. The second-order valence-corrected chi connectivity index (χ2v) is 7.26. The Morgan fingerprint density at radius 3 is 2.56 bits per heavy atom. The number of benzene rings is 1. The van der Waals surface area contributed by atoms with E-state index in [1.54, 1.807) is 18.3 Å². The monoisotopic (exact) mass is 380 g/mol. The summed E-state index contributed by atoms with van der Waals surface area (Å²) in [4.78, 5) is 21.0. The van der Waals surface area contributed by atoms with E-state index in [9.17, 15) is 4.79 Å². The first-order valence-corrected chi connectivity index (χ1v) is 9.60. The molecule has 2 aromatic heterocycles. The number of carbonyl (C=O) groups is 1. The lowest BCUT2D eigenvalue weighted by molar-refractivity contribution is 0.0926. The molecular formula is C21H21ClN4O. The zero-order valence-corrected chi connectivity index (χ0v) is 15.6. The Morgan fingerprint density at radius 2 is 1.74 bits per heavy atom. The van der Waals surface area contributed by atoms with Gasteiger partial charge in [-0.2, -0.15) is 0 Å². The first-order chi connectivity index (χ1) is 13.2. The van der Waals surface area contributed by atoms with Crippen LogP contribution in [0.5, 0.6) is 0 Å². The van der Waals surface area contributed by atoms with Crippen molar-refractivity contribution in [2.45, 2.75) is 37.8 Å². The van der Waals surface area contributed by atoms with Crippen LogP contribution in [0.25, 0.3) is 10.9 Å². The molecule has 0 saturated heterocycles. The highest BCUT2D eigenvalue weighted by atomic mass is 35.5. The molecule has 1 aliphatic carbocycles. The summed E-state index contributed by atoms with van der Waals surface area (Å²) in [7, 11) is 0. The van der Waals surface area contributed by atoms with Crippen molar-refractivity contribution < 1.29 is 4.79 Å². The van der Waals surface area contributed by atoms with Crippen LogP contribution in [0, 0.1) is 0 Å². The standard InChI is InChI=1S/C21H21ClN4O/c22-20-17(5-3-13-23-20)21(27)25-16-10-8-15(9-11-16)24-19-12-7-14-4-1-2-6-18(14)26-19/h1-7,12-13,15-16H,8-11H2,(H,24,26)(H,25,27)/t15-,16+. The van der Waals surface area contributed by atoms with E-state index in [-0.39, 0.29) is 17.1 Å². The number of amides is 1. The van der Waals surface area contributed by atoms with Crippen molar-refractivity contribution in [2.75, 3.05) is 5.32 Å². The molecule has 0 spiro atoms. The van der Waals surface area contributed by atoms with E-state index >= 15 is 0 Å². The molecule has 138 valence electrons. The molecule has 3 aromatic rings. The molecule has 1 fully saturated rings. The van der Waals surface area contributed by atoms with Gasteiger partial charge in [-0.1, -0.05) is 29.8 Å². The molecule has 5 nitrogen and oxygen atoms in total. The van der Waals surface area contributed by atoms with Gasteiger partial charge in [-0.05, 0) is 56.0 Å². The summed E-state index contributed by atoms with van der Waals surface area (Å²) in [6, 6.07) is 16.2. The maximum Gasteiger partial charge on any atom is 0.254 e. The van der Waals surface area contributed by atoms with Gasteiger partial charge in [0.05, 0.1) is 11.1 Å². The third kappa shape index (κ3) is 4.19. The Labute approximate surface area is 163 Å². The topological polar surface area (TPSA) is 66.9 Å². The van der Waals surface area contributed by atoms with Crippen molar-refractivity contribution in [1.29, 1.82) is 0 Å². The number of nitrogens with zero attached hydrogens (tertiary/aromatic N) is 2. The third-order valence-electron chi connectivity index (χ3n) is 5.02. The second kappa shape index (κ2) is 7.92. The van der Waals surface area contributed by atoms with E-state index in [2.05, 4.69) is 32.7 Å². The number of carbonyl (C=O) groups excluding carboxylic acids is 1. The van der Waals surface area contributed by atoms with E-state index in [4.69, 9.17) is 11.6 Å². The largest absolute Gasteiger partial charge is 0.367 e. The summed E-state index contributed by atoms with van der Waals surface area (Å²) in [6.07, 6.45) is 5.40. The smallest absolute Gasteiger partial charge is 0.254 e. The molecule has 0 aliphatic heterocycles. The van der Waals surface area contributed by atoms with Gasteiger partial charge < -0.3 is 10.6 Å². The number of hydrogen-bond acceptors (Lipinski definition) is 4. The SMILES string of the molecule is O=C(N[C@H]1CC[C@@H](Nc2ccc3ccccc3n2)CC1)c1cccnc1Cl. The predicted octanol–water partition coefficient (Wildman–Crippen LogP) is 4.44. The summed E-state index contributed by atoms with van der Waals surface area (Å²) >= 11 is 6.00. The summed E-state index contributed by atoms with van der Waals surface area (Å²) in [5.41, 5.74) is 1.43. The lowest BCUT2D eigenvalue weighted by Gasteiger charge is -2.30. The van der Waals surface area contributed by atoms with Gasteiger partial charge >= 0.3 is 0 Å². The summed E-state index contributed by atoms with van der Waals surface area (Å²) < 4.78 is 0. The van der Waals surface area contributed by atoms with E-state index in [0.29, 0.717) is 11.6 Å². The van der Waals surface area contributed by atoms with Gasteiger partial charge in [0.25, 0.3) is 5.91 Å². The highest BCUT2D eigenvalue weighted by Crippen LogP contribution is 2.23. The quantitative estimate of drug-likeness (QED) is 0.657. The van der Waals surface area contributed by atoms with Crippen LogP contribution in [0.3, 0.4) is 0 Å². The Kier molecular flexibility index (Phi) is 5.21. The fourth-order valence-electron chi connectivity index (χ4n) is 3.56. The van der Waals surface area contributed by atoms with Crippen LogP contribution < -0.4 is 10.6 Å². The van der Waals surface area contributed by atoms with Crippen LogP contribution in [0.4, 0.5) is 5.82 Å². The van der Waals surface area contributed by atoms with Crippen molar-refractivity contribution >= 4 is 34.2 Å². The maximum absolute atomic E-state index is 12.4. The fourth-order valence-corrected chi connectivity index (χ4v) is 3.76. The minimum absolute atomic E-state index is 0.152. The van der Waals surface area contributed by atoms with E-state index in [0.717, 1.165) is 42.4 Å². The number of fused-ring (bicyclic) bond motifs is 1. The average Bonchev–Trinajstić information content (AvgIpc) is 2.70. The zero-order valence-electron chi connectivity index (χ0n) is 14.9. The van der Waals surface area contributed by atoms with E-state index < -0.39 is 0 Å². The van der Waals surface area contributed by atoms with Gasteiger partial charge in [-0.25, -0.2) is 9.97 Å². The number of para-hydroxylation sites is 1. The third-order valence-corrected chi connectivity index (χ3v) is 5.32. The van der Waals surface area contributed by atoms with Gasteiger partial charge in [0.2, 0.25) is 0 Å². The molecule has 1 amide bonds. The molecule has 1 aromatic carbocycles. The second-order valence-electron chi connectivity index (χ2n) is 6.90. The number of anilines is 1. The molecule has 2 N–H and O–H groups in total. The van der Waals surface area contributed by atoms with Crippen LogP contribution in [0.15, 0.2) is 54.7 Å². The molecule has 0 bridgehead atoms. The van der Waals surface area contributed by atoms with Crippen LogP contribution >= 0.6 is 11.6 Å². The number of pyridine rings is 2. The minimum Gasteiger partial charge on any atom is -0.367 e. The number of rotatable bonds is 4. The number of hydrogen-bond donors (Lipinski definition) is 2. The number of halogens is 1. The lowest BCUT2D eigenvalue weighted by Crippen LogP contribution is -2.40. The molecule has 0 unspecified atom stereocenters. The maximum atomic E-state index is 12.4. The number of aromatic nitrogens is 2. The molecule has 0 radical (unpaired) electrons. The molecule has 4 rings (SSSR count). The van der Waals surface area contributed by atoms with Gasteiger partial charge in [0.15, 0.2) is 0 Å². The highest BCUT2D eigenvalue weighted by Gasteiger charge is 2.23. The van der Waals surface area contributed by atoms with Crippen LogP contribution in [-0.2, 0) is 0 Å². The Bertz CT molecular complexity index is 954. The van der Waals surface area contributed by atoms with Crippen molar-refractivity contribution in [3.8, 4) is 0 Å². The number of nitrogens with one attached hydrogen (secondary N) is 2. The molecule has 27 heavy (non-hydrogen) atoms. The fraction of sp³-hybridized carbons (Fsp3) is 0.286. The van der Waals surface area contributed by atoms with Crippen molar-refractivity contribution in [2.24, 2.45) is 0 Å². The molecular weight excluding hydrogens is 360 g/mol. The van der Waals surface area contributed by atoms with Gasteiger partial charge in [0, 0.05) is 23.7 Å². The van der Waals surface area contributed by atoms with E-state index in [1.807, 2.05) is 24.3 Å². The molecule has 2 heterocycles. The molecule has 1 saturated carbocycles. The van der Waals surface area contributed by atoms with Gasteiger partial charge in [-0.3, -0.25) is 4.79 Å². The van der Waals surface area contributed by atoms with E-state index in [1.165, 1.54) is 0 Å². The lowest BCUT2D eigenvalue weighted by atomic mass is 9.91. The normalized spacial score (nSPS) is 19.6. The zero-order chi connectivity index (χ0) is 18.6. The van der Waals surface area contributed by atoms with Gasteiger partial charge in [-0.15, -0.1) is 0 Å². The first-order valence-electron chi connectivity index (χ1n) is 9.23. The van der Waals surface area contributed by atoms with Crippen LogP contribution in [-0.4, -0.2) is 28.0 Å². The Morgan fingerprint density at radius 1 is 0.963 bits per heavy atom. The molecule has 6 heteroatoms. The van der Waals surface area contributed by atoms with Crippen molar-refractivity contribution in [3.63, 3.8) is 0 Å². The Balaban J connectivity index is 1.32. The van der Waals surface area contributed by atoms with Crippen molar-refractivity contribution in [1.82, 2.24) is 15.3 Å². The van der Waals surface area contributed by atoms with Crippen LogP contribution in [0.2, 0.25) is 5.15 Å². The minimum atomic E-state index is -0.152. The first kappa shape index (κ1) is 17.7. The average molecular weight is 381 g/mol. The molecule has 0 atom stereocenters. The van der Waals surface area contributed by atoms with Crippen LogP contribution in [0.1, 0.15) is 36.0 Å².